The van der Waals surface area contributed by atoms with E-state index in [4.69, 9.17) is 5.73 Å². The smallest absolute Gasteiger partial charge is 0.255 e. The van der Waals surface area contributed by atoms with E-state index in [9.17, 15) is 39.9 Å². The fourth-order valence-corrected chi connectivity index (χ4v) is 7.34. The Labute approximate surface area is 226 Å². The van der Waals surface area contributed by atoms with Gasteiger partial charge in [-0.15, -0.1) is 0 Å². The predicted molar refractivity (Wildman–Crippen MR) is 142 cm³/mol. The zero-order chi connectivity index (χ0) is 28.4. The number of benzene rings is 1. The second kappa shape index (κ2) is 9.67. The van der Waals surface area contributed by atoms with E-state index in [-0.39, 0.29) is 22.9 Å². The number of phenols is 1. The van der Waals surface area contributed by atoms with Crippen LogP contribution >= 0.6 is 0 Å². The van der Waals surface area contributed by atoms with Crippen molar-refractivity contribution in [3.63, 3.8) is 0 Å². The van der Waals surface area contributed by atoms with Crippen LogP contribution in [0.5, 0.6) is 5.75 Å². The van der Waals surface area contributed by atoms with Crippen molar-refractivity contribution < 1.29 is 39.9 Å². The highest BCUT2D eigenvalue weighted by atomic mass is 16.4. The standard InChI is InChI=1S/C29H36N2O8/c1-3-4-13-5-7-14(8-6-13)31-17-10-9-15-12(2)19-22(25(35)20(15)24(17)34)27(37)29(39)16(23(19)33)11-18(32)21(26(29)36)28(30)38/h9-10,12-14,16,19,23,31,33-36,39H,3-8,11H2,1-2H3,(H2,30,38)/t12-,13?,14?,16+,19+,23+,29+/m0/s1. The molecular formula is C29H36N2O8. The predicted octanol–water partition coefficient (Wildman–Crippen LogP) is 2.73. The van der Waals surface area contributed by atoms with Gasteiger partial charge in [-0.2, -0.15) is 0 Å². The average molecular weight is 541 g/mol. The Morgan fingerprint density at radius 3 is 2.41 bits per heavy atom. The summed E-state index contributed by atoms with van der Waals surface area (Å²) in [4.78, 5) is 38.2. The van der Waals surface area contributed by atoms with E-state index in [1.165, 1.54) is 6.42 Å². The number of aliphatic hydroxyl groups excluding tert-OH is 3. The molecule has 4 aliphatic rings. The number of fused-ring (bicyclic) bond motifs is 3. The fraction of sp³-hybridized carbons (Fsp3) is 0.552. The van der Waals surface area contributed by atoms with E-state index in [1.54, 1.807) is 19.1 Å². The molecule has 2 saturated carbocycles. The molecule has 1 amide bonds. The third kappa shape index (κ3) is 3.95. The van der Waals surface area contributed by atoms with Crippen molar-refractivity contribution >= 4 is 28.9 Å². The van der Waals surface area contributed by atoms with Gasteiger partial charge in [0.25, 0.3) is 5.91 Å². The van der Waals surface area contributed by atoms with E-state index in [2.05, 4.69) is 12.2 Å². The molecule has 5 atom stereocenters. The topological polar surface area (TPSA) is 190 Å². The molecule has 0 unspecified atom stereocenters. The number of rotatable bonds is 5. The van der Waals surface area contributed by atoms with Crippen molar-refractivity contribution in [1.82, 2.24) is 0 Å². The lowest BCUT2D eigenvalue weighted by molar-refractivity contribution is -0.160. The number of amides is 1. The Morgan fingerprint density at radius 1 is 1.13 bits per heavy atom. The van der Waals surface area contributed by atoms with E-state index in [1.807, 2.05) is 0 Å². The number of hydrogen-bond donors (Lipinski definition) is 7. The quantitative estimate of drug-likeness (QED) is 0.217. The van der Waals surface area contributed by atoms with Crippen molar-refractivity contribution in [2.75, 3.05) is 5.32 Å². The van der Waals surface area contributed by atoms with Crippen LogP contribution in [0.3, 0.4) is 0 Å². The molecule has 0 aromatic heterocycles. The van der Waals surface area contributed by atoms with Crippen LogP contribution in [0, 0.1) is 17.8 Å². The molecule has 0 heterocycles. The number of Topliss-reactive ketones (excluding diaryl/α,β-unsaturated/α-hetero) is 2. The van der Waals surface area contributed by atoms with Crippen molar-refractivity contribution in [1.29, 1.82) is 0 Å². The summed E-state index contributed by atoms with van der Waals surface area (Å²) in [7, 11) is 0. The third-order valence-corrected chi connectivity index (χ3v) is 9.40. The highest BCUT2D eigenvalue weighted by molar-refractivity contribution is 6.23. The number of carbonyl (C=O) groups is 3. The number of phenolic OH excluding ortho intramolecular Hbond substituents is 1. The summed E-state index contributed by atoms with van der Waals surface area (Å²) in [5.41, 5.74) is 2.01. The maximum atomic E-state index is 13.8. The Hall–Kier alpha value is -3.37. The zero-order valence-electron chi connectivity index (χ0n) is 22.1. The van der Waals surface area contributed by atoms with Crippen LogP contribution in [0.2, 0.25) is 0 Å². The lowest BCUT2D eigenvalue weighted by Crippen LogP contribution is -2.63. The normalized spacial score (nSPS) is 34.4. The summed E-state index contributed by atoms with van der Waals surface area (Å²) in [5, 5.41) is 59.5. The molecule has 4 aliphatic carbocycles. The number of nitrogens with one attached hydrogen (secondary N) is 1. The molecule has 1 aromatic rings. The zero-order valence-corrected chi connectivity index (χ0v) is 22.1. The summed E-state index contributed by atoms with van der Waals surface area (Å²) < 4.78 is 0. The summed E-state index contributed by atoms with van der Waals surface area (Å²) >= 11 is 0. The van der Waals surface area contributed by atoms with Crippen LogP contribution in [-0.2, 0) is 14.4 Å². The molecule has 0 aliphatic heterocycles. The van der Waals surface area contributed by atoms with Gasteiger partial charge in [0.15, 0.2) is 11.4 Å². The van der Waals surface area contributed by atoms with Gasteiger partial charge < -0.3 is 36.6 Å². The minimum atomic E-state index is -2.84. The molecule has 0 spiro atoms. The molecule has 210 valence electrons. The molecule has 5 rings (SSSR count). The van der Waals surface area contributed by atoms with Gasteiger partial charge in [-0.1, -0.05) is 32.8 Å². The molecule has 0 bridgehead atoms. The molecule has 2 fully saturated rings. The van der Waals surface area contributed by atoms with Gasteiger partial charge in [0.05, 0.1) is 17.4 Å². The molecule has 8 N–H and O–H groups in total. The number of nitrogens with two attached hydrogens (primary N) is 1. The number of primary amides is 1. The average Bonchev–Trinajstić information content (AvgIpc) is 2.89. The van der Waals surface area contributed by atoms with Crippen LogP contribution in [-0.4, -0.2) is 60.8 Å². The lowest BCUT2D eigenvalue weighted by Gasteiger charge is -2.50. The Balaban J connectivity index is 1.56. The first kappa shape index (κ1) is 27.2. The number of hydrogen-bond acceptors (Lipinski definition) is 9. The second-order valence-electron chi connectivity index (χ2n) is 11.6. The molecular weight excluding hydrogens is 504 g/mol. The molecule has 39 heavy (non-hydrogen) atoms. The minimum Gasteiger partial charge on any atom is -0.508 e. The van der Waals surface area contributed by atoms with Crippen LogP contribution in [0.15, 0.2) is 29.0 Å². The van der Waals surface area contributed by atoms with Gasteiger partial charge in [-0.05, 0) is 49.1 Å². The summed E-state index contributed by atoms with van der Waals surface area (Å²) in [6.07, 6.45) is 4.28. The summed E-state index contributed by atoms with van der Waals surface area (Å²) in [5.74, 6) is -7.84. The van der Waals surface area contributed by atoms with Gasteiger partial charge >= 0.3 is 0 Å². The largest absolute Gasteiger partial charge is 0.508 e. The fourth-order valence-electron chi connectivity index (χ4n) is 7.34. The van der Waals surface area contributed by atoms with Crippen molar-refractivity contribution in [2.45, 2.75) is 82.5 Å². The second-order valence-corrected chi connectivity index (χ2v) is 11.6. The number of carbonyl (C=O) groups excluding carboxylic acids is 3. The van der Waals surface area contributed by atoms with E-state index in [0.717, 1.165) is 32.1 Å². The molecule has 10 heteroatoms. The van der Waals surface area contributed by atoms with E-state index < -0.39 is 70.4 Å². The maximum Gasteiger partial charge on any atom is 0.255 e. The summed E-state index contributed by atoms with van der Waals surface area (Å²) in [6, 6.07) is 3.58. The van der Waals surface area contributed by atoms with Gasteiger partial charge in [0.1, 0.15) is 22.8 Å². The number of anilines is 1. The number of aliphatic hydroxyl groups is 4. The highest BCUT2D eigenvalue weighted by Gasteiger charge is 2.64. The van der Waals surface area contributed by atoms with Crippen LogP contribution in [0.25, 0.3) is 5.76 Å². The molecule has 10 nitrogen and oxygen atoms in total. The SMILES string of the molecule is CCCC1CCC(Nc2ccc3c(c2O)C(O)=C2C(=O)[C@]4(O)C(O)=C(C(N)=O)C(=O)C[C@@H]4[C@@H](O)[C@@H]2[C@H]3C)CC1. The monoisotopic (exact) mass is 540 g/mol. The minimum absolute atomic E-state index is 0.00602. The van der Waals surface area contributed by atoms with Gasteiger partial charge in [-0.3, -0.25) is 14.4 Å². The Morgan fingerprint density at radius 2 is 1.79 bits per heavy atom. The first-order chi connectivity index (χ1) is 18.4. The van der Waals surface area contributed by atoms with Gasteiger partial charge in [-0.25, -0.2) is 0 Å². The lowest BCUT2D eigenvalue weighted by atomic mass is 9.55. The molecule has 1 aromatic carbocycles. The van der Waals surface area contributed by atoms with Crippen molar-refractivity contribution in [3.05, 3.63) is 40.2 Å². The Bertz CT molecular complexity index is 1310. The maximum absolute atomic E-state index is 13.8. The highest BCUT2D eigenvalue weighted by Crippen LogP contribution is 2.56. The van der Waals surface area contributed by atoms with Crippen LogP contribution in [0.1, 0.15) is 75.8 Å². The van der Waals surface area contributed by atoms with Gasteiger partial charge in [0, 0.05) is 29.9 Å². The molecule has 0 radical (unpaired) electrons. The Kier molecular flexibility index (Phi) is 6.75. The van der Waals surface area contributed by atoms with Crippen molar-refractivity contribution in [2.24, 2.45) is 23.5 Å². The van der Waals surface area contributed by atoms with Crippen LogP contribution in [0.4, 0.5) is 5.69 Å². The van der Waals surface area contributed by atoms with Gasteiger partial charge in [0.2, 0.25) is 5.78 Å². The van der Waals surface area contributed by atoms with E-state index >= 15 is 0 Å². The van der Waals surface area contributed by atoms with Crippen LogP contribution < -0.4 is 11.1 Å². The summed E-state index contributed by atoms with van der Waals surface area (Å²) in [6.45, 7) is 3.90. The van der Waals surface area contributed by atoms with E-state index in [0.29, 0.717) is 17.2 Å². The first-order valence-electron chi connectivity index (χ1n) is 13.7. The van der Waals surface area contributed by atoms with Crippen molar-refractivity contribution in [3.8, 4) is 5.75 Å². The number of ketones is 2. The molecule has 0 saturated heterocycles. The number of aromatic hydroxyl groups is 1. The third-order valence-electron chi connectivity index (χ3n) is 9.40. The first-order valence-corrected chi connectivity index (χ1v) is 13.7.